The van der Waals surface area contributed by atoms with Gasteiger partial charge in [-0.15, -0.1) is 0 Å². The zero-order valence-corrected chi connectivity index (χ0v) is 21.4. The van der Waals surface area contributed by atoms with Crippen molar-refractivity contribution in [2.24, 2.45) is 0 Å². The minimum absolute atomic E-state index is 0.0482. The van der Waals surface area contributed by atoms with E-state index in [4.69, 9.17) is 18.6 Å². The van der Waals surface area contributed by atoms with Crippen LogP contribution in [0.4, 0.5) is 5.69 Å². The van der Waals surface area contributed by atoms with Gasteiger partial charge in [-0.05, 0) is 81.8 Å². The summed E-state index contributed by atoms with van der Waals surface area (Å²) in [6.45, 7) is 9.09. The van der Waals surface area contributed by atoms with Crippen molar-refractivity contribution in [3.63, 3.8) is 0 Å². The highest BCUT2D eigenvalue weighted by Gasteiger charge is 2.44. The Bertz CT molecular complexity index is 1520. The highest BCUT2D eigenvalue weighted by molar-refractivity contribution is 6.10. The molecule has 1 aromatic heterocycles. The summed E-state index contributed by atoms with van der Waals surface area (Å²) in [4.78, 5) is 29.3. The molecule has 190 valence electrons. The zero-order valence-electron chi connectivity index (χ0n) is 21.4. The monoisotopic (exact) mass is 499 g/mol. The second-order valence-corrected chi connectivity index (χ2v) is 8.75. The van der Waals surface area contributed by atoms with Crippen molar-refractivity contribution in [2.75, 3.05) is 24.7 Å². The first-order chi connectivity index (χ1) is 18.0. The zero-order chi connectivity index (χ0) is 26.1. The van der Waals surface area contributed by atoms with Crippen molar-refractivity contribution in [3.05, 3.63) is 93.3 Å². The fourth-order valence-electron chi connectivity index (χ4n) is 4.78. The number of carbonyl (C=O) groups excluding carboxylic acids is 1. The van der Waals surface area contributed by atoms with Gasteiger partial charge in [0, 0.05) is 5.69 Å². The Morgan fingerprint density at radius 1 is 0.811 bits per heavy atom. The van der Waals surface area contributed by atoms with Crippen molar-refractivity contribution in [1.29, 1.82) is 0 Å². The molecule has 7 nitrogen and oxygen atoms in total. The van der Waals surface area contributed by atoms with Crippen LogP contribution >= 0.6 is 0 Å². The number of hydrogen-bond acceptors (Lipinski definition) is 6. The van der Waals surface area contributed by atoms with Crippen LogP contribution in [0, 0.1) is 6.92 Å². The summed E-state index contributed by atoms with van der Waals surface area (Å²) in [5, 5.41) is 0.445. The molecular formula is C30H29NO6. The smallest absolute Gasteiger partial charge is 0.295 e. The molecule has 0 bridgehead atoms. The van der Waals surface area contributed by atoms with Crippen LogP contribution in [0.2, 0.25) is 0 Å². The summed E-state index contributed by atoms with van der Waals surface area (Å²) in [5.41, 5.74) is 2.74. The summed E-state index contributed by atoms with van der Waals surface area (Å²) in [6, 6.07) is 17.4. The van der Waals surface area contributed by atoms with Crippen LogP contribution in [0.5, 0.6) is 17.2 Å². The molecule has 0 spiro atoms. The van der Waals surface area contributed by atoms with Crippen LogP contribution in [0.25, 0.3) is 11.0 Å². The molecule has 0 aliphatic carbocycles. The van der Waals surface area contributed by atoms with E-state index in [-0.39, 0.29) is 17.1 Å². The predicted molar refractivity (Wildman–Crippen MR) is 142 cm³/mol. The predicted octanol–water partition coefficient (Wildman–Crippen LogP) is 6.05. The number of rotatable bonds is 8. The Balaban J connectivity index is 1.74. The van der Waals surface area contributed by atoms with Gasteiger partial charge < -0.3 is 18.6 Å². The average molecular weight is 500 g/mol. The summed E-state index contributed by atoms with van der Waals surface area (Å²) < 4.78 is 23.3. The summed E-state index contributed by atoms with van der Waals surface area (Å²) in [7, 11) is 0. The van der Waals surface area contributed by atoms with Gasteiger partial charge in [-0.1, -0.05) is 17.7 Å². The molecule has 4 aromatic rings. The lowest BCUT2D eigenvalue weighted by atomic mass is 9.97. The van der Waals surface area contributed by atoms with E-state index in [1.165, 1.54) is 0 Å². The molecule has 1 aliphatic heterocycles. The number of amides is 1. The standard InChI is InChI=1S/C30H29NO6/c1-5-34-21-12-10-20(11-13-21)31-27(19-9-15-24(35-6-2)25(17-19)36-7-3)26-28(32)22-16-18(4)8-14-23(22)37-29(26)30(31)33/h8-17,27H,5-7H2,1-4H3. The first-order valence-electron chi connectivity index (χ1n) is 12.5. The van der Waals surface area contributed by atoms with Crippen LogP contribution in [0.15, 0.2) is 69.9 Å². The lowest BCUT2D eigenvalue weighted by molar-refractivity contribution is 0.0971. The molecule has 1 unspecified atom stereocenters. The molecule has 0 N–H and O–H groups in total. The quantitative estimate of drug-likeness (QED) is 0.294. The lowest BCUT2D eigenvalue weighted by Crippen LogP contribution is -2.29. The van der Waals surface area contributed by atoms with Gasteiger partial charge in [-0.25, -0.2) is 0 Å². The largest absolute Gasteiger partial charge is 0.494 e. The van der Waals surface area contributed by atoms with Gasteiger partial charge in [0.05, 0.1) is 36.8 Å². The molecule has 0 radical (unpaired) electrons. The third kappa shape index (κ3) is 4.31. The van der Waals surface area contributed by atoms with Crippen LogP contribution < -0.4 is 24.5 Å². The second-order valence-electron chi connectivity index (χ2n) is 8.75. The number of aryl methyl sites for hydroxylation is 1. The Kier molecular flexibility index (Phi) is 6.61. The Morgan fingerprint density at radius 2 is 1.51 bits per heavy atom. The number of ether oxygens (including phenoxy) is 3. The van der Waals surface area contributed by atoms with E-state index in [0.29, 0.717) is 64.9 Å². The van der Waals surface area contributed by atoms with Gasteiger partial charge in [0.25, 0.3) is 5.91 Å². The van der Waals surface area contributed by atoms with E-state index < -0.39 is 6.04 Å². The van der Waals surface area contributed by atoms with E-state index in [2.05, 4.69) is 0 Å². The van der Waals surface area contributed by atoms with E-state index in [1.54, 1.807) is 17.0 Å². The van der Waals surface area contributed by atoms with E-state index in [1.807, 2.05) is 76.2 Å². The van der Waals surface area contributed by atoms with Crippen molar-refractivity contribution in [2.45, 2.75) is 33.7 Å². The number of hydrogen-bond donors (Lipinski definition) is 0. The molecule has 1 atom stereocenters. The van der Waals surface area contributed by atoms with Crippen molar-refractivity contribution in [1.82, 2.24) is 0 Å². The molecule has 0 saturated heterocycles. The fourth-order valence-corrected chi connectivity index (χ4v) is 4.78. The maximum atomic E-state index is 13.9. The molecule has 0 saturated carbocycles. The first-order valence-corrected chi connectivity index (χ1v) is 12.5. The molecule has 5 rings (SSSR count). The van der Waals surface area contributed by atoms with E-state index >= 15 is 0 Å². The number of fused-ring (bicyclic) bond motifs is 2. The fraction of sp³-hybridized carbons (Fsp3) is 0.267. The maximum Gasteiger partial charge on any atom is 0.295 e. The van der Waals surface area contributed by atoms with Crippen LogP contribution in [-0.2, 0) is 0 Å². The normalized spacial score (nSPS) is 14.6. The van der Waals surface area contributed by atoms with Gasteiger partial charge >= 0.3 is 0 Å². The molecular weight excluding hydrogens is 470 g/mol. The molecule has 2 heterocycles. The van der Waals surface area contributed by atoms with Crippen molar-refractivity contribution in [3.8, 4) is 17.2 Å². The summed E-state index contributed by atoms with van der Waals surface area (Å²) >= 11 is 0. The summed E-state index contributed by atoms with van der Waals surface area (Å²) in [5.74, 6) is 1.52. The minimum atomic E-state index is -0.712. The number of nitrogens with zero attached hydrogens (tertiary/aromatic N) is 1. The molecule has 7 heteroatoms. The van der Waals surface area contributed by atoms with E-state index in [9.17, 15) is 9.59 Å². The van der Waals surface area contributed by atoms with Gasteiger partial charge in [0.1, 0.15) is 11.3 Å². The Hall–Kier alpha value is -4.26. The number of benzene rings is 3. The number of anilines is 1. The van der Waals surface area contributed by atoms with Gasteiger partial charge in [0.2, 0.25) is 5.76 Å². The van der Waals surface area contributed by atoms with Gasteiger partial charge in [-0.2, -0.15) is 0 Å². The minimum Gasteiger partial charge on any atom is -0.494 e. The van der Waals surface area contributed by atoms with Crippen LogP contribution in [-0.4, -0.2) is 25.7 Å². The SMILES string of the molecule is CCOc1ccc(N2C(=O)c3oc4ccc(C)cc4c(=O)c3C2c2ccc(OCC)c(OCC)c2)cc1. The lowest BCUT2D eigenvalue weighted by Gasteiger charge is -2.26. The Labute approximate surface area is 215 Å². The molecule has 37 heavy (non-hydrogen) atoms. The van der Waals surface area contributed by atoms with Gasteiger partial charge in [0.15, 0.2) is 16.9 Å². The van der Waals surface area contributed by atoms with Crippen molar-refractivity contribution >= 4 is 22.6 Å². The third-order valence-corrected chi connectivity index (χ3v) is 6.33. The topological polar surface area (TPSA) is 78.2 Å². The summed E-state index contributed by atoms with van der Waals surface area (Å²) in [6.07, 6.45) is 0. The molecule has 1 aliphatic rings. The van der Waals surface area contributed by atoms with E-state index in [0.717, 1.165) is 5.56 Å². The second kappa shape index (κ2) is 10.0. The highest BCUT2D eigenvalue weighted by atomic mass is 16.5. The van der Waals surface area contributed by atoms with Crippen molar-refractivity contribution < 1.29 is 23.4 Å². The van der Waals surface area contributed by atoms with Crippen LogP contribution in [0.1, 0.15) is 54.1 Å². The highest BCUT2D eigenvalue weighted by Crippen LogP contribution is 2.43. The van der Waals surface area contributed by atoms with Gasteiger partial charge in [-0.3, -0.25) is 14.5 Å². The third-order valence-electron chi connectivity index (χ3n) is 6.33. The average Bonchev–Trinajstić information content (AvgIpc) is 3.19. The van der Waals surface area contributed by atoms with Crippen LogP contribution in [0.3, 0.4) is 0 Å². The number of carbonyl (C=O) groups is 1. The maximum absolute atomic E-state index is 13.9. The Morgan fingerprint density at radius 3 is 2.22 bits per heavy atom. The first kappa shape index (κ1) is 24.4. The molecule has 1 amide bonds. The molecule has 0 fully saturated rings. The molecule has 3 aromatic carbocycles.